The van der Waals surface area contributed by atoms with Crippen LogP contribution in [0.4, 0.5) is 0 Å². The van der Waals surface area contributed by atoms with Gasteiger partial charge in [-0.2, -0.15) is 11.3 Å². The van der Waals surface area contributed by atoms with Crippen molar-refractivity contribution in [3.05, 3.63) is 22.4 Å². The van der Waals surface area contributed by atoms with Crippen molar-refractivity contribution in [2.45, 2.75) is 39.8 Å². The Kier molecular flexibility index (Phi) is 9.53. The molecule has 0 amide bonds. The largest absolute Gasteiger partial charge is 0.357 e. The van der Waals surface area contributed by atoms with E-state index in [0.29, 0.717) is 6.04 Å². The summed E-state index contributed by atoms with van der Waals surface area (Å²) in [7, 11) is 0. The molecule has 1 atom stereocenters. The average Bonchev–Trinajstić information content (AvgIpc) is 2.79. The lowest BCUT2D eigenvalue weighted by molar-refractivity contribution is 0.624. The Labute approximate surface area is 125 Å². The van der Waals surface area contributed by atoms with Gasteiger partial charge in [0.05, 0.1) is 6.54 Å². The van der Waals surface area contributed by atoms with Crippen LogP contribution < -0.4 is 10.6 Å². The number of nitrogens with one attached hydrogen (secondary N) is 2. The highest BCUT2D eigenvalue weighted by atomic mass is 127. The zero-order chi connectivity index (χ0) is 11.8. The van der Waals surface area contributed by atoms with Crippen LogP contribution in [0, 0.1) is 0 Å². The topological polar surface area (TPSA) is 36.4 Å². The minimum atomic E-state index is 0. The summed E-state index contributed by atoms with van der Waals surface area (Å²) >= 11 is 1.71. The van der Waals surface area contributed by atoms with Gasteiger partial charge in [-0.25, -0.2) is 4.99 Å². The molecule has 0 spiro atoms. The summed E-state index contributed by atoms with van der Waals surface area (Å²) in [4.78, 5) is 4.54. The van der Waals surface area contributed by atoms with Crippen molar-refractivity contribution in [1.82, 2.24) is 10.6 Å². The fraction of sp³-hybridized carbons (Fsp3) is 0.583. The van der Waals surface area contributed by atoms with Crippen LogP contribution in [0.25, 0.3) is 0 Å². The number of thiophene rings is 1. The van der Waals surface area contributed by atoms with Crippen LogP contribution in [-0.2, 0) is 6.54 Å². The summed E-state index contributed by atoms with van der Waals surface area (Å²) in [6.07, 6.45) is 1.10. The van der Waals surface area contributed by atoms with E-state index in [1.165, 1.54) is 5.56 Å². The van der Waals surface area contributed by atoms with Crippen molar-refractivity contribution in [2.75, 3.05) is 6.54 Å². The SMILES string of the molecule is CCNC(=NCc1ccsc1)NC(C)CC.I. The molecule has 1 rings (SSSR count). The highest BCUT2D eigenvalue weighted by molar-refractivity contribution is 14.0. The molecule has 0 aliphatic heterocycles. The lowest BCUT2D eigenvalue weighted by Gasteiger charge is -2.15. The lowest BCUT2D eigenvalue weighted by atomic mass is 10.3. The zero-order valence-electron chi connectivity index (χ0n) is 10.7. The molecule has 0 fully saturated rings. The van der Waals surface area contributed by atoms with Crippen molar-refractivity contribution in [2.24, 2.45) is 4.99 Å². The average molecular weight is 367 g/mol. The number of rotatable bonds is 5. The van der Waals surface area contributed by atoms with Gasteiger partial charge >= 0.3 is 0 Å². The minimum Gasteiger partial charge on any atom is -0.357 e. The first-order valence-corrected chi connectivity index (χ1v) is 6.76. The second-order valence-electron chi connectivity index (χ2n) is 3.78. The van der Waals surface area contributed by atoms with Gasteiger partial charge in [0.15, 0.2) is 5.96 Å². The molecule has 1 unspecified atom stereocenters. The quantitative estimate of drug-likeness (QED) is 0.476. The second-order valence-corrected chi connectivity index (χ2v) is 4.56. The molecule has 1 aromatic rings. The van der Waals surface area contributed by atoms with E-state index in [9.17, 15) is 0 Å². The molecule has 17 heavy (non-hydrogen) atoms. The van der Waals surface area contributed by atoms with Crippen molar-refractivity contribution in [3.8, 4) is 0 Å². The highest BCUT2D eigenvalue weighted by Gasteiger charge is 2.02. The van der Waals surface area contributed by atoms with E-state index in [1.54, 1.807) is 11.3 Å². The smallest absolute Gasteiger partial charge is 0.191 e. The minimum absolute atomic E-state index is 0. The first-order valence-electron chi connectivity index (χ1n) is 5.82. The third kappa shape index (κ3) is 6.88. The molecule has 0 aliphatic carbocycles. The van der Waals surface area contributed by atoms with Gasteiger partial charge in [0.25, 0.3) is 0 Å². The number of hydrogen-bond donors (Lipinski definition) is 2. The summed E-state index contributed by atoms with van der Waals surface area (Å²) in [5.41, 5.74) is 1.27. The number of hydrogen-bond acceptors (Lipinski definition) is 2. The molecule has 0 aromatic carbocycles. The van der Waals surface area contributed by atoms with E-state index in [0.717, 1.165) is 25.5 Å². The van der Waals surface area contributed by atoms with Crippen molar-refractivity contribution in [3.63, 3.8) is 0 Å². The Hall–Kier alpha value is -0.300. The summed E-state index contributed by atoms with van der Waals surface area (Å²) in [6.45, 7) is 8.05. The maximum absolute atomic E-state index is 4.54. The Bertz CT molecular complexity index is 312. The standard InChI is InChI=1S/C12H21N3S.HI/c1-4-10(3)15-12(13-5-2)14-8-11-6-7-16-9-11;/h6-7,9-10H,4-5,8H2,1-3H3,(H2,13,14,15);1H. The summed E-state index contributed by atoms with van der Waals surface area (Å²) in [5.74, 6) is 0.906. The maximum atomic E-state index is 4.54. The van der Waals surface area contributed by atoms with E-state index in [-0.39, 0.29) is 24.0 Å². The van der Waals surface area contributed by atoms with Gasteiger partial charge in [0.1, 0.15) is 0 Å². The van der Waals surface area contributed by atoms with E-state index in [1.807, 2.05) is 0 Å². The molecule has 5 heteroatoms. The van der Waals surface area contributed by atoms with Gasteiger partial charge in [-0.15, -0.1) is 24.0 Å². The fourth-order valence-corrected chi connectivity index (χ4v) is 1.87. The predicted molar refractivity (Wildman–Crippen MR) is 87.4 cm³/mol. The Morgan fingerprint density at radius 3 is 2.76 bits per heavy atom. The van der Waals surface area contributed by atoms with E-state index >= 15 is 0 Å². The van der Waals surface area contributed by atoms with Crippen molar-refractivity contribution >= 4 is 41.3 Å². The third-order valence-electron chi connectivity index (χ3n) is 2.34. The molecule has 0 bridgehead atoms. The first kappa shape index (κ1) is 16.7. The molecule has 3 nitrogen and oxygen atoms in total. The predicted octanol–water partition coefficient (Wildman–Crippen LogP) is 3.22. The molecule has 0 saturated carbocycles. The third-order valence-corrected chi connectivity index (χ3v) is 3.07. The molecule has 0 saturated heterocycles. The second kappa shape index (κ2) is 9.70. The first-order chi connectivity index (χ1) is 7.76. The van der Waals surface area contributed by atoms with Crippen LogP contribution in [0.5, 0.6) is 0 Å². The van der Waals surface area contributed by atoms with Crippen LogP contribution in [0.1, 0.15) is 32.8 Å². The lowest BCUT2D eigenvalue weighted by Crippen LogP contribution is -2.41. The molecule has 1 aromatic heterocycles. The van der Waals surface area contributed by atoms with Gasteiger partial charge in [0.2, 0.25) is 0 Å². The summed E-state index contributed by atoms with van der Waals surface area (Å²) in [6, 6.07) is 2.57. The van der Waals surface area contributed by atoms with E-state index in [4.69, 9.17) is 0 Å². The van der Waals surface area contributed by atoms with Crippen molar-refractivity contribution in [1.29, 1.82) is 0 Å². The Morgan fingerprint density at radius 1 is 1.47 bits per heavy atom. The van der Waals surface area contributed by atoms with Crippen LogP contribution >= 0.6 is 35.3 Å². The number of nitrogens with zero attached hydrogens (tertiary/aromatic N) is 1. The fourth-order valence-electron chi connectivity index (χ4n) is 1.21. The number of halogens is 1. The van der Waals surface area contributed by atoms with E-state index < -0.39 is 0 Å². The molecule has 1 heterocycles. The van der Waals surface area contributed by atoms with Crippen molar-refractivity contribution < 1.29 is 0 Å². The molecule has 2 N–H and O–H groups in total. The molecule has 0 aliphatic rings. The molecular formula is C12H22IN3S. The Balaban J connectivity index is 0.00000256. The van der Waals surface area contributed by atoms with Crippen LogP contribution in [0.3, 0.4) is 0 Å². The van der Waals surface area contributed by atoms with Gasteiger partial charge in [-0.1, -0.05) is 6.92 Å². The number of guanidine groups is 1. The van der Waals surface area contributed by atoms with Gasteiger partial charge in [0, 0.05) is 12.6 Å². The summed E-state index contributed by atoms with van der Waals surface area (Å²) < 4.78 is 0. The molecule has 0 radical (unpaired) electrons. The zero-order valence-corrected chi connectivity index (χ0v) is 13.8. The van der Waals surface area contributed by atoms with Crippen LogP contribution in [0.2, 0.25) is 0 Å². The van der Waals surface area contributed by atoms with Gasteiger partial charge in [-0.3, -0.25) is 0 Å². The highest BCUT2D eigenvalue weighted by Crippen LogP contribution is 2.06. The number of aliphatic imine (C=N–C) groups is 1. The van der Waals surface area contributed by atoms with Crippen LogP contribution in [0.15, 0.2) is 21.8 Å². The summed E-state index contributed by atoms with van der Waals surface area (Å²) in [5, 5.41) is 10.8. The molecule has 98 valence electrons. The van der Waals surface area contributed by atoms with Gasteiger partial charge in [-0.05, 0) is 42.7 Å². The van der Waals surface area contributed by atoms with Crippen LogP contribution in [-0.4, -0.2) is 18.5 Å². The van der Waals surface area contributed by atoms with Gasteiger partial charge < -0.3 is 10.6 Å². The maximum Gasteiger partial charge on any atom is 0.191 e. The Morgan fingerprint density at radius 2 is 2.24 bits per heavy atom. The molecular weight excluding hydrogens is 345 g/mol. The van der Waals surface area contributed by atoms with E-state index in [2.05, 4.69) is 53.2 Å². The normalized spacial score (nSPS) is 12.8. The monoisotopic (exact) mass is 367 g/mol.